The summed E-state index contributed by atoms with van der Waals surface area (Å²) in [7, 11) is 0. The number of hydrogen-bond donors (Lipinski definition) is 0. The van der Waals surface area contributed by atoms with Gasteiger partial charge < -0.3 is 0 Å². The first-order valence-electron chi connectivity index (χ1n) is 7.51. The molecular weight excluding hydrogens is 288 g/mol. The molecule has 22 heavy (non-hydrogen) atoms. The highest BCUT2D eigenvalue weighted by Gasteiger charge is 2.11. The molecule has 0 aromatic heterocycles. The van der Waals surface area contributed by atoms with Gasteiger partial charge in [-0.15, -0.1) is 11.6 Å². The SMILES string of the molecule is ClCc1cccc2c1cc1ccc3cccc4ccc2c1c34. The number of halogens is 1. The van der Waals surface area contributed by atoms with Gasteiger partial charge in [-0.25, -0.2) is 0 Å². The maximum Gasteiger partial charge on any atom is 0.0480 e. The van der Waals surface area contributed by atoms with Gasteiger partial charge in [-0.05, 0) is 54.7 Å². The van der Waals surface area contributed by atoms with Crippen LogP contribution >= 0.6 is 11.6 Å². The van der Waals surface area contributed by atoms with E-state index >= 15 is 0 Å². The van der Waals surface area contributed by atoms with Gasteiger partial charge >= 0.3 is 0 Å². The van der Waals surface area contributed by atoms with Crippen LogP contribution in [-0.2, 0) is 5.88 Å². The van der Waals surface area contributed by atoms with Crippen molar-refractivity contribution in [3.8, 4) is 0 Å². The van der Waals surface area contributed by atoms with Crippen molar-refractivity contribution in [1.82, 2.24) is 0 Å². The first kappa shape index (κ1) is 12.3. The summed E-state index contributed by atoms with van der Waals surface area (Å²) in [6, 6.07) is 24.2. The van der Waals surface area contributed by atoms with Gasteiger partial charge in [-0.2, -0.15) is 0 Å². The van der Waals surface area contributed by atoms with E-state index in [4.69, 9.17) is 11.6 Å². The van der Waals surface area contributed by atoms with Crippen molar-refractivity contribution in [2.24, 2.45) is 0 Å². The summed E-state index contributed by atoms with van der Waals surface area (Å²) in [5.41, 5.74) is 1.20. The van der Waals surface area contributed by atoms with E-state index in [0.29, 0.717) is 5.88 Å². The molecule has 0 radical (unpaired) electrons. The highest BCUT2D eigenvalue weighted by Crippen LogP contribution is 2.39. The van der Waals surface area contributed by atoms with Gasteiger partial charge in [0, 0.05) is 5.88 Å². The summed E-state index contributed by atoms with van der Waals surface area (Å²) in [5.74, 6) is 0.546. The van der Waals surface area contributed by atoms with Gasteiger partial charge in [-0.3, -0.25) is 0 Å². The van der Waals surface area contributed by atoms with Crippen LogP contribution in [0.1, 0.15) is 5.56 Å². The largest absolute Gasteiger partial charge is 0.122 e. The fourth-order valence-corrected chi connectivity index (χ4v) is 3.98. The first-order chi connectivity index (χ1) is 10.9. The van der Waals surface area contributed by atoms with Gasteiger partial charge in [0.2, 0.25) is 0 Å². The third-order valence-electron chi connectivity index (χ3n) is 4.74. The van der Waals surface area contributed by atoms with Crippen molar-refractivity contribution in [2.45, 2.75) is 5.88 Å². The average Bonchev–Trinajstić information content (AvgIpc) is 2.58. The Kier molecular flexibility index (Phi) is 2.42. The number of alkyl halides is 1. The highest BCUT2D eigenvalue weighted by molar-refractivity contribution is 6.29. The molecule has 0 saturated carbocycles. The van der Waals surface area contributed by atoms with Crippen molar-refractivity contribution in [1.29, 1.82) is 0 Å². The van der Waals surface area contributed by atoms with E-state index < -0.39 is 0 Å². The van der Waals surface area contributed by atoms with Crippen LogP contribution < -0.4 is 0 Å². The Hall–Kier alpha value is -2.31. The van der Waals surface area contributed by atoms with Crippen molar-refractivity contribution in [2.75, 3.05) is 0 Å². The molecular formula is C21H13Cl. The van der Waals surface area contributed by atoms with E-state index in [1.54, 1.807) is 0 Å². The Balaban J connectivity index is 2.15. The number of fused-ring (bicyclic) bond motifs is 2. The summed E-state index contributed by atoms with van der Waals surface area (Å²) in [6.07, 6.45) is 0. The minimum atomic E-state index is 0.546. The van der Waals surface area contributed by atoms with Crippen LogP contribution in [-0.4, -0.2) is 0 Å². The predicted molar refractivity (Wildman–Crippen MR) is 97.2 cm³/mol. The van der Waals surface area contributed by atoms with Crippen LogP contribution in [0.25, 0.3) is 43.1 Å². The second-order valence-corrected chi connectivity index (χ2v) is 6.15. The third-order valence-corrected chi connectivity index (χ3v) is 5.03. The van der Waals surface area contributed by atoms with Crippen LogP contribution in [0, 0.1) is 0 Å². The lowest BCUT2D eigenvalue weighted by Gasteiger charge is -2.14. The van der Waals surface area contributed by atoms with Gasteiger partial charge in [-0.1, -0.05) is 60.7 Å². The smallest absolute Gasteiger partial charge is 0.0480 e. The summed E-state index contributed by atoms with van der Waals surface area (Å²) in [6.45, 7) is 0. The summed E-state index contributed by atoms with van der Waals surface area (Å²) in [5, 5.41) is 10.5. The molecule has 0 atom stereocenters. The minimum absolute atomic E-state index is 0.546. The van der Waals surface area contributed by atoms with E-state index in [-0.39, 0.29) is 0 Å². The molecule has 0 amide bonds. The minimum Gasteiger partial charge on any atom is -0.122 e. The van der Waals surface area contributed by atoms with Gasteiger partial charge in [0.1, 0.15) is 0 Å². The van der Waals surface area contributed by atoms with E-state index in [1.807, 2.05) is 0 Å². The Bertz CT molecular complexity index is 1140. The molecule has 0 saturated heterocycles. The Morgan fingerprint density at radius 1 is 0.591 bits per heavy atom. The van der Waals surface area contributed by atoms with Crippen LogP contribution in [0.5, 0.6) is 0 Å². The van der Waals surface area contributed by atoms with Crippen molar-refractivity contribution < 1.29 is 0 Å². The number of hydrogen-bond acceptors (Lipinski definition) is 0. The summed E-state index contributed by atoms with van der Waals surface area (Å²) in [4.78, 5) is 0. The molecule has 0 aliphatic rings. The molecule has 0 fully saturated rings. The van der Waals surface area contributed by atoms with Crippen molar-refractivity contribution in [3.05, 3.63) is 72.3 Å². The van der Waals surface area contributed by atoms with E-state index in [2.05, 4.69) is 66.7 Å². The molecule has 104 valence electrons. The maximum atomic E-state index is 6.14. The molecule has 0 heterocycles. The molecule has 5 aromatic carbocycles. The zero-order valence-electron chi connectivity index (χ0n) is 11.9. The fraction of sp³-hybridized carbons (Fsp3) is 0.0476. The van der Waals surface area contributed by atoms with Crippen LogP contribution in [0.2, 0.25) is 0 Å². The molecule has 5 aromatic rings. The topological polar surface area (TPSA) is 0 Å². The van der Waals surface area contributed by atoms with Gasteiger partial charge in [0.15, 0.2) is 0 Å². The molecule has 5 rings (SSSR count). The zero-order chi connectivity index (χ0) is 14.7. The molecule has 0 aliphatic carbocycles. The second-order valence-electron chi connectivity index (χ2n) is 5.88. The normalized spacial score (nSPS) is 12.0. The lowest BCUT2D eigenvalue weighted by molar-refractivity contribution is 1.46. The van der Waals surface area contributed by atoms with Crippen LogP contribution in [0.4, 0.5) is 0 Å². The van der Waals surface area contributed by atoms with Gasteiger partial charge in [0.05, 0.1) is 0 Å². The second kappa shape index (κ2) is 4.34. The summed E-state index contributed by atoms with van der Waals surface area (Å²) >= 11 is 6.14. The third kappa shape index (κ3) is 1.48. The molecule has 0 aliphatic heterocycles. The first-order valence-corrected chi connectivity index (χ1v) is 8.04. The maximum absolute atomic E-state index is 6.14. The van der Waals surface area contributed by atoms with E-state index in [9.17, 15) is 0 Å². The van der Waals surface area contributed by atoms with E-state index in [0.717, 1.165) is 0 Å². The Labute approximate surface area is 133 Å². The fourth-order valence-electron chi connectivity index (χ4n) is 3.74. The Morgan fingerprint density at radius 3 is 2.14 bits per heavy atom. The number of rotatable bonds is 1. The van der Waals surface area contributed by atoms with Crippen molar-refractivity contribution in [3.63, 3.8) is 0 Å². The molecule has 0 nitrogen and oxygen atoms in total. The molecule has 0 unspecified atom stereocenters. The number of benzene rings is 5. The van der Waals surface area contributed by atoms with Gasteiger partial charge in [0.25, 0.3) is 0 Å². The molecule has 0 N–H and O–H groups in total. The molecule has 0 bridgehead atoms. The highest BCUT2D eigenvalue weighted by atomic mass is 35.5. The van der Waals surface area contributed by atoms with Crippen LogP contribution in [0.15, 0.2) is 66.7 Å². The standard InChI is InChI=1S/C21H13Cl/c22-12-16-5-2-6-17-18-10-9-14-4-1-3-13-7-8-15(11-19(16)17)21(18)20(13)14/h1-11H,12H2. The average molecular weight is 301 g/mol. The monoisotopic (exact) mass is 300 g/mol. The quantitative estimate of drug-likeness (QED) is 0.189. The molecule has 0 spiro atoms. The zero-order valence-corrected chi connectivity index (χ0v) is 12.7. The lowest BCUT2D eigenvalue weighted by Crippen LogP contribution is -1.88. The van der Waals surface area contributed by atoms with Crippen LogP contribution in [0.3, 0.4) is 0 Å². The van der Waals surface area contributed by atoms with E-state index in [1.165, 1.54) is 48.7 Å². The lowest BCUT2D eigenvalue weighted by atomic mass is 9.90. The van der Waals surface area contributed by atoms with Crippen molar-refractivity contribution >= 4 is 54.7 Å². The summed E-state index contributed by atoms with van der Waals surface area (Å²) < 4.78 is 0. The predicted octanol–water partition coefficient (Wildman–Crippen LogP) is 6.48. The molecule has 1 heteroatoms. The Morgan fingerprint density at radius 2 is 1.32 bits per heavy atom.